The van der Waals surface area contributed by atoms with Gasteiger partial charge in [0.15, 0.2) is 5.76 Å². The predicted octanol–water partition coefficient (Wildman–Crippen LogP) is -0.303. The zero-order chi connectivity index (χ0) is 12.0. The van der Waals surface area contributed by atoms with Crippen molar-refractivity contribution in [2.75, 3.05) is 19.7 Å². The summed E-state index contributed by atoms with van der Waals surface area (Å²) in [6, 6.07) is 1.73. The van der Waals surface area contributed by atoms with Crippen LogP contribution in [0.2, 0.25) is 0 Å². The molecule has 0 saturated heterocycles. The first kappa shape index (κ1) is 12.7. The number of furan rings is 1. The molecule has 1 rings (SSSR count). The summed E-state index contributed by atoms with van der Waals surface area (Å²) in [6.45, 7) is 3.97. The first-order valence-electron chi connectivity index (χ1n) is 5.13. The zero-order valence-corrected chi connectivity index (χ0v) is 9.27. The lowest BCUT2D eigenvalue weighted by atomic mass is 10.2. The number of nitrogens with one attached hydrogen (secondary N) is 1. The first-order chi connectivity index (χ1) is 7.72. The Bertz CT molecular complexity index is 338. The van der Waals surface area contributed by atoms with E-state index in [1.54, 1.807) is 6.07 Å². The summed E-state index contributed by atoms with van der Waals surface area (Å²) in [5.41, 5.74) is 2.79. The average molecular weight is 227 g/mol. The van der Waals surface area contributed by atoms with E-state index >= 15 is 0 Å². The summed E-state index contributed by atoms with van der Waals surface area (Å²) in [4.78, 5) is 13.3. The number of amides is 1. The van der Waals surface area contributed by atoms with Crippen LogP contribution < -0.4 is 11.3 Å². The molecule has 6 nitrogen and oxygen atoms in total. The number of nitrogens with two attached hydrogens (primary N) is 1. The van der Waals surface area contributed by atoms with Crippen molar-refractivity contribution < 1.29 is 14.3 Å². The molecule has 0 radical (unpaired) electrons. The smallest absolute Gasteiger partial charge is 0.301 e. The fourth-order valence-corrected chi connectivity index (χ4v) is 1.46. The lowest BCUT2D eigenvalue weighted by molar-refractivity contribution is 0.0922. The molecule has 1 heterocycles. The number of rotatable bonds is 6. The molecule has 0 bridgehead atoms. The fraction of sp³-hybridized carbons (Fsp3) is 0.500. The van der Waals surface area contributed by atoms with Gasteiger partial charge < -0.3 is 9.52 Å². The average Bonchev–Trinajstić information content (AvgIpc) is 2.75. The topological polar surface area (TPSA) is 91.7 Å². The summed E-state index contributed by atoms with van der Waals surface area (Å²) in [5.74, 6) is 4.82. The van der Waals surface area contributed by atoms with Crippen molar-refractivity contribution in [1.82, 2.24) is 10.3 Å². The summed E-state index contributed by atoms with van der Waals surface area (Å²) >= 11 is 0. The molecule has 1 aromatic rings. The van der Waals surface area contributed by atoms with Gasteiger partial charge in [-0.1, -0.05) is 6.92 Å². The monoisotopic (exact) mass is 227 g/mol. The fourth-order valence-electron chi connectivity index (χ4n) is 1.46. The van der Waals surface area contributed by atoms with E-state index in [0.717, 1.165) is 12.1 Å². The van der Waals surface area contributed by atoms with E-state index in [1.165, 1.54) is 6.26 Å². The Morgan fingerprint density at radius 2 is 2.44 bits per heavy atom. The normalized spacial score (nSPS) is 10.8. The molecule has 0 aliphatic heterocycles. The molecule has 0 atom stereocenters. The zero-order valence-electron chi connectivity index (χ0n) is 9.27. The standard InChI is InChI=1S/C10H17N3O3/c1-2-13(4-5-14)7-8-3-6-16-9(8)10(15)12-11/h3,6,14H,2,4-5,7,11H2,1H3,(H,12,15). The van der Waals surface area contributed by atoms with Crippen molar-refractivity contribution in [2.24, 2.45) is 5.84 Å². The van der Waals surface area contributed by atoms with E-state index in [-0.39, 0.29) is 12.4 Å². The van der Waals surface area contributed by atoms with Crippen LogP contribution in [0.1, 0.15) is 23.0 Å². The SMILES string of the molecule is CCN(CCO)Cc1ccoc1C(=O)NN. The Labute approximate surface area is 94.0 Å². The third kappa shape index (κ3) is 3.06. The number of hydrogen-bond acceptors (Lipinski definition) is 5. The molecular weight excluding hydrogens is 210 g/mol. The minimum Gasteiger partial charge on any atom is -0.459 e. The lowest BCUT2D eigenvalue weighted by Crippen LogP contribution is -2.32. The van der Waals surface area contributed by atoms with Gasteiger partial charge in [-0.2, -0.15) is 0 Å². The van der Waals surface area contributed by atoms with E-state index < -0.39 is 5.91 Å². The van der Waals surface area contributed by atoms with Gasteiger partial charge in [0.1, 0.15) is 0 Å². The second-order valence-corrected chi connectivity index (χ2v) is 3.34. The minimum absolute atomic E-state index is 0.0874. The van der Waals surface area contributed by atoms with Crippen LogP contribution in [0, 0.1) is 0 Å². The summed E-state index contributed by atoms with van der Waals surface area (Å²) < 4.78 is 5.06. The summed E-state index contributed by atoms with van der Waals surface area (Å²) in [5, 5.41) is 8.86. The number of hydrazine groups is 1. The van der Waals surface area contributed by atoms with E-state index in [2.05, 4.69) is 0 Å². The molecule has 6 heteroatoms. The van der Waals surface area contributed by atoms with E-state index in [4.69, 9.17) is 15.4 Å². The van der Waals surface area contributed by atoms with Crippen molar-refractivity contribution in [3.63, 3.8) is 0 Å². The molecule has 0 spiro atoms. The number of carbonyl (C=O) groups is 1. The highest BCUT2D eigenvalue weighted by Crippen LogP contribution is 2.12. The molecule has 16 heavy (non-hydrogen) atoms. The summed E-state index contributed by atoms with van der Waals surface area (Å²) in [6.07, 6.45) is 1.45. The van der Waals surface area contributed by atoms with E-state index in [1.807, 2.05) is 17.2 Å². The van der Waals surface area contributed by atoms with Gasteiger partial charge in [0, 0.05) is 18.7 Å². The van der Waals surface area contributed by atoms with Gasteiger partial charge in [-0.3, -0.25) is 15.1 Å². The number of nitrogen functional groups attached to an aromatic ring is 1. The predicted molar refractivity (Wildman–Crippen MR) is 58.4 cm³/mol. The van der Waals surface area contributed by atoms with Crippen molar-refractivity contribution >= 4 is 5.91 Å². The van der Waals surface area contributed by atoms with Gasteiger partial charge in [0.05, 0.1) is 12.9 Å². The van der Waals surface area contributed by atoms with Crippen LogP contribution >= 0.6 is 0 Å². The first-order valence-corrected chi connectivity index (χ1v) is 5.13. The maximum absolute atomic E-state index is 11.3. The maximum atomic E-state index is 11.3. The summed E-state index contributed by atoms with van der Waals surface area (Å²) in [7, 11) is 0. The van der Waals surface area contributed by atoms with Crippen molar-refractivity contribution in [3.8, 4) is 0 Å². The highest BCUT2D eigenvalue weighted by Gasteiger charge is 2.15. The Balaban J connectivity index is 2.72. The van der Waals surface area contributed by atoms with Crippen LogP contribution in [0.4, 0.5) is 0 Å². The number of aliphatic hydroxyl groups excluding tert-OH is 1. The van der Waals surface area contributed by atoms with Gasteiger partial charge in [0.2, 0.25) is 0 Å². The van der Waals surface area contributed by atoms with Gasteiger partial charge in [-0.05, 0) is 12.6 Å². The highest BCUT2D eigenvalue weighted by atomic mass is 16.3. The van der Waals surface area contributed by atoms with Gasteiger partial charge in [-0.15, -0.1) is 0 Å². The second kappa shape index (κ2) is 6.26. The van der Waals surface area contributed by atoms with Crippen LogP contribution in [0.15, 0.2) is 16.7 Å². The van der Waals surface area contributed by atoms with Gasteiger partial charge in [0.25, 0.3) is 0 Å². The van der Waals surface area contributed by atoms with Crippen molar-refractivity contribution in [2.45, 2.75) is 13.5 Å². The molecule has 0 saturated carbocycles. The van der Waals surface area contributed by atoms with Crippen LogP contribution in [-0.2, 0) is 6.54 Å². The second-order valence-electron chi connectivity index (χ2n) is 3.34. The van der Waals surface area contributed by atoms with E-state index in [0.29, 0.717) is 13.1 Å². The maximum Gasteiger partial charge on any atom is 0.301 e. The Hall–Kier alpha value is -1.37. The number of hydrogen-bond donors (Lipinski definition) is 3. The molecule has 0 fully saturated rings. The third-order valence-corrected chi connectivity index (χ3v) is 2.34. The molecule has 0 aromatic carbocycles. The van der Waals surface area contributed by atoms with Crippen LogP contribution in [0.25, 0.3) is 0 Å². The van der Waals surface area contributed by atoms with Gasteiger partial charge in [-0.25, -0.2) is 5.84 Å². The molecule has 1 aromatic heterocycles. The van der Waals surface area contributed by atoms with Crippen molar-refractivity contribution in [3.05, 3.63) is 23.7 Å². The molecule has 1 amide bonds. The Morgan fingerprint density at radius 3 is 3.00 bits per heavy atom. The number of nitrogens with zero attached hydrogens (tertiary/aromatic N) is 1. The molecule has 4 N–H and O–H groups in total. The van der Waals surface area contributed by atoms with Gasteiger partial charge >= 0.3 is 5.91 Å². The van der Waals surface area contributed by atoms with Crippen molar-refractivity contribution in [1.29, 1.82) is 0 Å². The minimum atomic E-state index is -0.444. The third-order valence-electron chi connectivity index (χ3n) is 2.34. The molecule has 90 valence electrons. The van der Waals surface area contributed by atoms with E-state index in [9.17, 15) is 4.79 Å². The largest absolute Gasteiger partial charge is 0.459 e. The van der Waals surface area contributed by atoms with Crippen LogP contribution in [-0.4, -0.2) is 35.6 Å². The number of aliphatic hydroxyl groups is 1. The number of carbonyl (C=O) groups excluding carboxylic acids is 1. The van der Waals surface area contributed by atoms with Crippen LogP contribution in [0.3, 0.4) is 0 Å². The molecule has 0 aliphatic carbocycles. The Morgan fingerprint density at radius 1 is 1.69 bits per heavy atom. The highest BCUT2D eigenvalue weighted by molar-refractivity contribution is 5.92. The number of likely N-dealkylation sites (N-methyl/N-ethyl adjacent to an activating group) is 1. The molecule has 0 aliphatic rings. The quantitative estimate of drug-likeness (QED) is 0.352. The van der Waals surface area contributed by atoms with Crippen LogP contribution in [0.5, 0.6) is 0 Å². The molecular formula is C10H17N3O3. The molecule has 0 unspecified atom stereocenters. The Kier molecular flexibility index (Phi) is 4.97. The lowest BCUT2D eigenvalue weighted by Gasteiger charge is -2.18.